The van der Waals surface area contributed by atoms with Crippen LogP contribution >= 0.6 is 11.6 Å². The first-order chi connectivity index (χ1) is 10.2. The summed E-state index contributed by atoms with van der Waals surface area (Å²) in [7, 11) is 0. The van der Waals surface area contributed by atoms with Gasteiger partial charge in [-0.15, -0.1) is 0 Å². The maximum atomic E-state index is 6.50. The predicted octanol–water partition coefficient (Wildman–Crippen LogP) is 4.86. The lowest BCUT2D eigenvalue weighted by Crippen LogP contribution is -2.24. The van der Waals surface area contributed by atoms with Gasteiger partial charge in [-0.05, 0) is 49.8 Å². The molecule has 2 aliphatic carbocycles. The third kappa shape index (κ3) is 2.04. The molecule has 0 aliphatic heterocycles. The number of halogens is 1. The molecule has 2 N–H and O–H groups in total. The molecule has 2 aliphatic rings. The first-order valence-corrected chi connectivity index (χ1v) is 8.10. The van der Waals surface area contributed by atoms with Crippen molar-refractivity contribution in [3.05, 3.63) is 46.1 Å². The van der Waals surface area contributed by atoms with Crippen molar-refractivity contribution in [3.8, 4) is 0 Å². The Kier molecular flexibility index (Phi) is 2.97. The summed E-state index contributed by atoms with van der Waals surface area (Å²) in [6.07, 6.45) is 7.09. The van der Waals surface area contributed by atoms with Gasteiger partial charge in [-0.3, -0.25) is 4.98 Å². The van der Waals surface area contributed by atoms with Gasteiger partial charge in [-0.2, -0.15) is 0 Å². The number of anilines is 1. The molecule has 1 aromatic carbocycles. The van der Waals surface area contributed by atoms with Gasteiger partial charge in [0.05, 0.1) is 5.52 Å². The highest BCUT2D eigenvalue weighted by molar-refractivity contribution is 6.31. The van der Waals surface area contributed by atoms with E-state index in [1.807, 2.05) is 18.2 Å². The monoisotopic (exact) mass is 298 g/mol. The molecule has 2 atom stereocenters. The summed E-state index contributed by atoms with van der Waals surface area (Å²) >= 11 is 6.10. The maximum Gasteiger partial charge on any atom is 0.0741 e. The fourth-order valence-corrected chi connectivity index (χ4v) is 4.19. The van der Waals surface area contributed by atoms with Gasteiger partial charge in [0.25, 0.3) is 0 Å². The quantitative estimate of drug-likeness (QED) is 0.764. The van der Waals surface area contributed by atoms with Crippen LogP contribution in [0.1, 0.15) is 43.4 Å². The molecule has 108 valence electrons. The fraction of sp³-hybridized carbons (Fsp3) is 0.389. The highest BCUT2D eigenvalue weighted by Gasteiger charge is 2.32. The minimum Gasteiger partial charge on any atom is -0.398 e. The van der Waals surface area contributed by atoms with E-state index in [2.05, 4.69) is 13.0 Å². The van der Waals surface area contributed by atoms with Crippen LogP contribution in [0, 0.1) is 5.92 Å². The van der Waals surface area contributed by atoms with Crippen LogP contribution in [0.3, 0.4) is 0 Å². The van der Waals surface area contributed by atoms with Gasteiger partial charge in [0.1, 0.15) is 0 Å². The van der Waals surface area contributed by atoms with Gasteiger partial charge in [0.15, 0.2) is 0 Å². The fourth-order valence-electron chi connectivity index (χ4n) is 4.03. The van der Waals surface area contributed by atoms with Crippen molar-refractivity contribution in [1.82, 2.24) is 4.98 Å². The molecule has 0 spiro atoms. The molecule has 2 bridgehead atoms. The van der Waals surface area contributed by atoms with Crippen LogP contribution in [0.4, 0.5) is 5.69 Å². The van der Waals surface area contributed by atoms with Crippen molar-refractivity contribution in [1.29, 1.82) is 0 Å². The van der Waals surface area contributed by atoms with Gasteiger partial charge in [-0.25, -0.2) is 0 Å². The molecule has 4 rings (SSSR count). The van der Waals surface area contributed by atoms with Crippen molar-refractivity contribution in [3.63, 3.8) is 0 Å². The summed E-state index contributed by atoms with van der Waals surface area (Å²) in [5, 5.41) is 1.76. The summed E-state index contributed by atoms with van der Waals surface area (Å²) in [6, 6.07) is 5.82. The standard InChI is InChI=1S/C18H19ClN2/c1-2-10-5-11-7-12(6-10)17-16(8-11)21-15-9-13(19)3-4-14(15)18(17)20/h3-4,6,9,11-12H,2,5,7-8H2,1H3,(H2,20,21)/t11-,12+/m0/s1. The molecule has 3 heteroatoms. The number of fused-ring (bicyclic) bond motifs is 5. The molecule has 0 saturated carbocycles. The van der Waals surface area contributed by atoms with Crippen LogP contribution in [0.15, 0.2) is 29.8 Å². The Hall–Kier alpha value is -1.54. The van der Waals surface area contributed by atoms with Crippen LogP contribution in [-0.2, 0) is 6.42 Å². The largest absolute Gasteiger partial charge is 0.398 e. The molecule has 2 aromatic rings. The summed E-state index contributed by atoms with van der Waals surface area (Å²) in [6.45, 7) is 2.25. The second kappa shape index (κ2) is 4.74. The molecule has 0 fully saturated rings. The molecule has 0 unspecified atom stereocenters. The predicted molar refractivity (Wildman–Crippen MR) is 88.7 cm³/mol. The third-order valence-corrected chi connectivity index (χ3v) is 5.22. The van der Waals surface area contributed by atoms with Gasteiger partial charge in [-0.1, -0.05) is 30.2 Å². The Morgan fingerprint density at radius 1 is 1.33 bits per heavy atom. The number of nitrogen functional groups attached to an aromatic ring is 1. The SMILES string of the molecule is CCC1=C[C@@H]2C[C@H](C1)Cc1nc3cc(Cl)ccc3c(N)c12. The van der Waals surface area contributed by atoms with E-state index >= 15 is 0 Å². The van der Waals surface area contributed by atoms with E-state index in [0.29, 0.717) is 5.92 Å². The highest BCUT2D eigenvalue weighted by Crippen LogP contribution is 2.46. The van der Waals surface area contributed by atoms with Crippen molar-refractivity contribution >= 4 is 28.2 Å². The van der Waals surface area contributed by atoms with Crippen molar-refractivity contribution in [2.45, 2.75) is 38.5 Å². The lowest BCUT2D eigenvalue weighted by Gasteiger charge is -2.35. The molecular formula is C18H19ClN2. The molecule has 21 heavy (non-hydrogen) atoms. The molecule has 0 amide bonds. The number of aromatic nitrogens is 1. The zero-order chi connectivity index (χ0) is 14.6. The Balaban J connectivity index is 1.95. The summed E-state index contributed by atoms with van der Waals surface area (Å²) < 4.78 is 0. The highest BCUT2D eigenvalue weighted by atomic mass is 35.5. The van der Waals surface area contributed by atoms with Crippen LogP contribution < -0.4 is 5.73 Å². The van der Waals surface area contributed by atoms with Gasteiger partial charge < -0.3 is 5.73 Å². The van der Waals surface area contributed by atoms with Gasteiger partial charge in [0, 0.05) is 33.3 Å². The van der Waals surface area contributed by atoms with Crippen molar-refractivity contribution in [2.24, 2.45) is 5.92 Å². The second-order valence-corrected chi connectivity index (χ2v) is 6.78. The van der Waals surface area contributed by atoms with E-state index in [1.165, 1.54) is 24.1 Å². The van der Waals surface area contributed by atoms with E-state index in [-0.39, 0.29) is 0 Å². The van der Waals surface area contributed by atoms with Crippen LogP contribution in [0.2, 0.25) is 5.02 Å². The minimum absolute atomic E-state index is 0.454. The number of nitrogens with zero attached hydrogens (tertiary/aromatic N) is 1. The summed E-state index contributed by atoms with van der Waals surface area (Å²) in [5.74, 6) is 1.18. The van der Waals surface area contributed by atoms with Crippen molar-refractivity contribution < 1.29 is 0 Å². The van der Waals surface area contributed by atoms with Gasteiger partial charge in [0.2, 0.25) is 0 Å². The summed E-state index contributed by atoms with van der Waals surface area (Å²) in [4.78, 5) is 4.88. The van der Waals surface area contributed by atoms with Crippen LogP contribution in [0.25, 0.3) is 10.9 Å². The van der Waals surface area contributed by atoms with E-state index < -0.39 is 0 Å². The normalized spacial score (nSPS) is 23.8. The molecular weight excluding hydrogens is 280 g/mol. The molecule has 1 heterocycles. The molecule has 0 radical (unpaired) electrons. The third-order valence-electron chi connectivity index (χ3n) is 4.99. The number of benzene rings is 1. The zero-order valence-corrected chi connectivity index (χ0v) is 13.0. The van der Waals surface area contributed by atoms with Gasteiger partial charge >= 0.3 is 0 Å². The minimum atomic E-state index is 0.454. The second-order valence-electron chi connectivity index (χ2n) is 6.34. The summed E-state index contributed by atoms with van der Waals surface area (Å²) in [5.41, 5.74) is 12.4. The Morgan fingerprint density at radius 2 is 2.19 bits per heavy atom. The lowest BCUT2D eigenvalue weighted by molar-refractivity contribution is 0.399. The first-order valence-electron chi connectivity index (χ1n) is 7.72. The van der Waals surface area contributed by atoms with Crippen molar-refractivity contribution in [2.75, 3.05) is 5.73 Å². The van der Waals surface area contributed by atoms with E-state index in [4.69, 9.17) is 22.3 Å². The van der Waals surface area contributed by atoms with E-state index in [9.17, 15) is 0 Å². The Bertz CT molecular complexity index is 763. The molecule has 0 saturated heterocycles. The van der Waals surface area contributed by atoms with E-state index in [0.717, 1.165) is 40.4 Å². The zero-order valence-electron chi connectivity index (χ0n) is 12.2. The molecule has 2 nitrogen and oxygen atoms in total. The average Bonchev–Trinajstić information content (AvgIpc) is 2.46. The average molecular weight is 299 g/mol. The number of hydrogen-bond acceptors (Lipinski definition) is 2. The molecule has 1 aromatic heterocycles. The lowest BCUT2D eigenvalue weighted by atomic mass is 9.71. The number of pyridine rings is 1. The Morgan fingerprint density at radius 3 is 3.00 bits per heavy atom. The number of hydrogen-bond donors (Lipinski definition) is 1. The first kappa shape index (κ1) is 13.1. The number of nitrogens with two attached hydrogens (primary N) is 1. The Labute approximate surface area is 130 Å². The number of allylic oxidation sites excluding steroid dienone is 2. The maximum absolute atomic E-state index is 6.50. The van der Waals surface area contributed by atoms with E-state index in [1.54, 1.807) is 5.57 Å². The van der Waals surface area contributed by atoms with Crippen LogP contribution in [0.5, 0.6) is 0 Å². The number of rotatable bonds is 1. The smallest absolute Gasteiger partial charge is 0.0741 e. The van der Waals surface area contributed by atoms with Crippen LogP contribution in [-0.4, -0.2) is 4.98 Å². The topological polar surface area (TPSA) is 38.9 Å².